The first-order valence-electron chi connectivity index (χ1n) is 6.24. The Morgan fingerprint density at radius 3 is 2.56 bits per heavy atom. The van der Waals surface area contributed by atoms with Gasteiger partial charge in [0.2, 0.25) is 0 Å². The van der Waals surface area contributed by atoms with Crippen LogP contribution >= 0.6 is 0 Å². The molecule has 1 aliphatic heterocycles. The van der Waals surface area contributed by atoms with Gasteiger partial charge in [-0.25, -0.2) is 0 Å². The normalized spacial score (nSPS) is 51.9. The lowest BCUT2D eigenvalue weighted by Gasteiger charge is -2.25. The first-order chi connectivity index (χ1) is 7.69. The Labute approximate surface area is 94.5 Å². The van der Waals surface area contributed by atoms with E-state index in [0.29, 0.717) is 17.3 Å². The smallest absolute Gasteiger partial charge is 0.253 e. The summed E-state index contributed by atoms with van der Waals surface area (Å²) in [5.74, 6) is 1.88. The van der Waals surface area contributed by atoms with E-state index in [1.807, 2.05) is 0 Å². The fourth-order valence-corrected chi connectivity index (χ4v) is 5.03. The maximum Gasteiger partial charge on any atom is 0.253 e. The fourth-order valence-electron chi connectivity index (χ4n) is 5.03. The molecule has 0 saturated heterocycles. The molecule has 0 aromatic rings. The maximum atomic E-state index is 11.7. The predicted molar refractivity (Wildman–Crippen MR) is 57.2 cm³/mol. The summed E-state index contributed by atoms with van der Waals surface area (Å²) in [7, 11) is 0. The van der Waals surface area contributed by atoms with Crippen LogP contribution in [-0.2, 0) is 9.59 Å². The summed E-state index contributed by atoms with van der Waals surface area (Å²) in [6.45, 7) is 2.25. The number of hydrogen-bond acceptors (Lipinski definition) is 2. The number of carbonyl (C=O) groups is 2. The van der Waals surface area contributed by atoms with E-state index in [-0.39, 0.29) is 17.9 Å². The van der Waals surface area contributed by atoms with Gasteiger partial charge in [-0.05, 0) is 42.4 Å². The van der Waals surface area contributed by atoms with E-state index in [9.17, 15) is 9.59 Å². The van der Waals surface area contributed by atoms with E-state index in [2.05, 4.69) is 6.92 Å². The van der Waals surface area contributed by atoms with Crippen LogP contribution in [0.15, 0.2) is 12.2 Å². The molecule has 5 unspecified atom stereocenters. The molecule has 5 aliphatic rings. The number of amides is 2. The molecule has 3 heteroatoms. The van der Waals surface area contributed by atoms with Gasteiger partial charge in [-0.1, -0.05) is 6.92 Å². The lowest BCUT2D eigenvalue weighted by Crippen LogP contribution is -2.42. The lowest BCUT2D eigenvalue weighted by atomic mass is 10.0. The average molecular weight is 217 g/mol. The van der Waals surface area contributed by atoms with E-state index < -0.39 is 0 Å². The molecule has 4 aliphatic carbocycles. The zero-order chi connectivity index (χ0) is 11.1. The van der Waals surface area contributed by atoms with Crippen LogP contribution in [0.4, 0.5) is 0 Å². The average Bonchev–Trinajstić information content (AvgIpc) is 2.76. The minimum atomic E-state index is -0.0838. The Hall–Kier alpha value is -1.12. The van der Waals surface area contributed by atoms with Crippen molar-refractivity contribution in [2.24, 2.45) is 23.2 Å². The highest BCUT2D eigenvalue weighted by Gasteiger charge is 2.79. The van der Waals surface area contributed by atoms with Crippen molar-refractivity contribution >= 4 is 11.8 Å². The highest BCUT2D eigenvalue weighted by molar-refractivity contribution is 6.13. The molecule has 16 heavy (non-hydrogen) atoms. The number of rotatable bonds is 2. The van der Waals surface area contributed by atoms with Crippen molar-refractivity contribution in [1.82, 2.24) is 4.90 Å². The molecule has 5 rings (SSSR count). The van der Waals surface area contributed by atoms with Crippen molar-refractivity contribution < 1.29 is 9.59 Å². The monoisotopic (exact) mass is 217 g/mol. The second-order valence-electron chi connectivity index (χ2n) is 5.79. The van der Waals surface area contributed by atoms with Crippen LogP contribution < -0.4 is 0 Å². The molecule has 3 nitrogen and oxygen atoms in total. The van der Waals surface area contributed by atoms with Gasteiger partial charge in [-0.3, -0.25) is 14.5 Å². The van der Waals surface area contributed by atoms with Crippen LogP contribution in [-0.4, -0.2) is 22.8 Å². The van der Waals surface area contributed by atoms with Gasteiger partial charge in [0.25, 0.3) is 11.8 Å². The van der Waals surface area contributed by atoms with E-state index in [1.54, 1.807) is 4.90 Å². The quantitative estimate of drug-likeness (QED) is 0.655. The zero-order valence-electron chi connectivity index (χ0n) is 9.35. The molecule has 84 valence electrons. The standard InChI is InChI=1S/C13H15NO2/c1-2-13-6-7-5-8(13)11(13)12(7)14-9(15)3-4-10(14)16/h3-4,7-8,11-12H,2,5-6H2,1H3. The van der Waals surface area contributed by atoms with Crippen LogP contribution in [0.25, 0.3) is 0 Å². The zero-order valence-corrected chi connectivity index (χ0v) is 9.35. The molecule has 2 amide bonds. The first kappa shape index (κ1) is 8.97. The molecule has 5 atom stereocenters. The van der Waals surface area contributed by atoms with E-state index in [1.165, 1.54) is 31.4 Å². The van der Waals surface area contributed by atoms with Gasteiger partial charge < -0.3 is 0 Å². The van der Waals surface area contributed by atoms with Crippen molar-refractivity contribution in [2.75, 3.05) is 0 Å². The van der Waals surface area contributed by atoms with E-state index >= 15 is 0 Å². The summed E-state index contributed by atoms with van der Waals surface area (Å²) in [5, 5.41) is 0. The van der Waals surface area contributed by atoms with Crippen LogP contribution in [0, 0.1) is 23.2 Å². The second kappa shape index (κ2) is 2.41. The molecule has 0 radical (unpaired) electrons. The van der Waals surface area contributed by atoms with Crippen molar-refractivity contribution in [3.05, 3.63) is 12.2 Å². The van der Waals surface area contributed by atoms with Gasteiger partial charge in [0.1, 0.15) is 0 Å². The SMILES string of the molecule is CCC12CC3CC1C2C3N1C(=O)C=CC1=O. The largest absolute Gasteiger partial charge is 0.272 e. The molecule has 0 aromatic heterocycles. The van der Waals surface area contributed by atoms with Gasteiger partial charge in [0, 0.05) is 18.2 Å². The maximum absolute atomic E-state index is 11.7. The van der Waals surface area contributed by atoms with Gasteiger partial charge in [-0.15, -0.1) is 0 Å². The summed E-state index contributed by atoms with van der Waals surface area (Å²) in [6.07, 6.45) is 6.57. The molecule has 0 aromatic carbocycles. The van der Waals surface area contributed by atoms with Crippen molar-refractivity contribution in [2.45, 2.75) is 32.2 Å². The van der Waals surface area contributed by atoms with Crippen LogP contribution in [0.5, 0.6) is 0 Å². The van der Waals surface area contributed by atoms with Gasteiger partial charge in [0.15, 0.2) is 0 Å². The minimum Gasteiger partial charge on any atom is -0.272 e. The second-order valence-corrected chi connectivity index (χ2v) is 5.79. The molecule has 0 spiro atoms. The van der Waals surface area contributed by atoms with Crippen molar-refractivity contribution in [3.63, 3.8) is 0 Å². The summed E-state index contributed by atoms with van der Waals surface area (Å²) < 4.78 is 0. The Morgan fingerprint density at radius 1 is 1.38 bits per heavy atom. The third-order valence-corrected chi connectivity index (χ3v) is 5.58. The number of nitrogens with zero attached hydrogens (tertiary/aromatic N) is 1. The van der Waals surface area contributed by atoms with Crippen LogP contribution in [0.3, 0.4) is 0 Å². The number of imide groups is 1. The summed E-state index contributed by atoms with van der Waals surface area (Å²) in [6, 6.07) is 0.236. The Bertz CT molecular complexity index is 423. The molecular formula is C13H15NO2. The molecule has 4 bridgehead atoms. The lowest BCUT2D eigenvalue weighted by molar-refractivity contribution is -0.140. The summed E-state index contributed by atoms with van der Waals surface area (Å²) in [5.41, 5.74) is 0.512. The summed E-state index contributed by atoms with van der Waals surface area (Å²) in [4.78, 5) is 25.0. The minimum absolute atomic E-state index is 0.0838. The van der Waals surface area contributed by atoms with Gasteiger partial charge in [0.05, 0.1) is 0 Å². The molecule has 1 heterocycles. The highest BCUT2D eigenvalue weighted by atomic mass is 16.2. The van der Waals surface area contributed by atoms with Crippen molar-refractivity contribution in [3.8, 4) is 0 Å². The predicted octanol–water partition coefficient (Wildman–Crippen LogP) is 1.35. The third-order valence-electron chi connectivity index (χ3n) is 5.58. The third kappa shape index (κ3) is 0.731. The van der Waals surface area contributed by atoms with Crippen LogP contribution in [0.1, 0.15) is 26.2 Å². The highest BCUT2D eigenvalue weighted by Crippen LogP contribution is 2.81. The van der Waals surface area contributed by atoms with Crippen molar-refractivity contribution in [1.29, 1.82) is 0 Å². The topological polar surface area (TPSA) is 37.4 Å². The van der Waals surface area contributed by atoms with Gasteiger partial charge >= 0.3 is 0 Å². The number of hydrogen-bond donors (Lipinski definition) is 0. The first-order valence-corrected chi connectivity index (χ1v) is 6.24. The van der Waals surface area contributed by atoms with E-state index in [0.717, 1.165) is 5.92 Å². The molecular weight excluding hydrogens is 202 g/mol. The Balaban J connectivity index is 1.69. The fraction of sp³-hybridized carbons (Fsp3) is 0.692. The molecule has 4 saturated carbocycles. The van der Waals surface area contributed by atoms with Gasteiger partial charge in [-0.2, -0.15) is 0 Å². The molecule has 0 N–H and O–H groups in total. The summed E-state index contributed by atoms with van der Waals surface area (Å²) >= 11 is 0. The molecule has 4 fully saturated rings. The van der Waals surface area contributed by atoms with E-state index in [4.69, 9.17) is 0 Å². The Morgan fingerprint density at radius 2 is 2.06 bits per heavy atom. The van der Waals surface area contributed by atoms with Crippen LogP contribution in [0.2, 0.25) is 0 Å². The Kier molecular flexibility index (Phi) is 1.35. The number of carbonyl (C=O) groups excluding carboxylic acids is 2.